The second kappa shape index (κ2) is 6.61. The first kappa shape index (κ1) is 16.5. The van der Waals surface area contributed by atoms with Gasteiger partial charge in [0.2, 0.25) is 0 Å². The summed E-state index contributed by atoms with van der Waals surface area (Å²) in [5.41, 5.74) is 2.14. The highest BCUT2D eigenvalue weighted by Gasteiger charge is 2.27. The van der Waals surface area contributed by atoms with Crippen molar-refractivity contribution in [2.45, 2.75) is 18.9 Å². The van der Waals surface area contributed by atoms with Gasteiger partial charge >= 0.3 is 5.97 Å². The van der Waals surface area contributed by atoms with Gasteiger partial charge in [0.15, 0.2) is 0 Å². The zero-order valence-corrected chi connectivity index (χ0v) is 13.7. The van der Waals surface area contributed by atoms with Gasteiger partial charge in [0, 0.05) is 0 Å². The van der Waals surface area contributed by atoms with Crippen molar-refractivity contribution in [2.75, 3.05) is 7.11 Å². The third-order valence-electron chi connectivity index (χ3n) is 4.14. The molecule has 1 aliphatic rings. The van der Waals surface area contributed by atoms with Crippen molar-refractivity contribution in [1.29, 1.82) is 0 Å². The van der Waals surface area contributed by atoms with Crippen molar-refractivity contribution >= 4 is 23.5 Å². The largest absolute Gasteiger partial charge is 0.465 e. The number of nitrogens with one attached hydrogen (secondary N) is 1. The number of aryl methyl sites for hydroxylation is 1. The average molecular weight is 348 g/mol. The normalized spacial score (nSPS) is 15.7. The van der Waals surface area contributed by atoms with Crippen LogP contribution >= 0.6 is 11.6 Å². The van der Waals surface area contributed by atoms with E-state index in [1.165, 1.54) is 25.3 Å². The summed E-state index contributed by atoms with van der Waals surface area (Å²) >= 11 is 5.93. The van der Waals surface area contributed by atoms with E-state index in [1.807, 2.05) is 6.07 Å². The van der Waals surface area contributed by atoms with Crippen LogP contribution in [-0.4, -0.2) is 19.0 Å². The van der Waals surface area contributed by atoms with Crippen LogP contribution in [0.15, 0.2) is 36.4 Å². The fraction of sp³-hybridized carbons (Fsp3) is 0.222. The van der Waals surface area contributed by atoms with E-state index >= 15 is 0 Å². The molecule has 2 aromatic carbocycles. The number of hydrogen-bond donors (Lipinski definition) is 1. The second-order valence-corrected chi connectivity index (χ2v) is 5.97. The van der Waals surface area contributed by atoms with Gasteiger partial charge in [-0.15, -0.1) is 0 Å². The van der Waals surface area contributed by atoms with Crippen molar-refractivity contribution in [2.24, 2.45) is 0 Å². The fourth-order valence-electron chi connectivity index (χ4n) is 2.94. The van der Waals surface area contributed by atoms with Crippen LogP contribution in [0.5, 0.6) is 0 Å². The molecule has 1 atom stereocenters. The molecule has 0 spiro atoms. The van der Waals surface area contributed by atoms with Crippen molar-refractivity contribution in [3.8, 4) is 0 Å². The van der Waals surface area contributed by atoms with E-state index in [2.05, 4.69) is 5.32 Å². The number of rotatable bonds is 3. The molecule has 1 N–H and O–H groups in total. The highest BCUT2D eigenvalue weighted by Crippen LogP contribution is 2.32. The number of ether oxygens (including phenoxy) is 1. The summed E-state index contributed by atoms with van der Waals surface area (Å²) in [7, 11) is 1.31. The van der Waals surface area contributed by atoms with Gasteiger partial charge in [-0.1, -0.05) is 23.7 Å². The van der Waals surface area contributed by atoms with E-state index in [1.54, 1.807) is 12.1 Å². The molecule has 2 aromatic rings. The first-order chi connectivity index (χ1) is 11.5. The van der Waals surface area contributed by atoms with Crippen LogP contribution in [0, 0.1) is 5.82 Å². The van der Waals surface area contributed by atoms with E-state index in [4.69, 9.17) is 16.3 Å². The molecule has 4 nitrogen and oxygen atoms in total. The van der Waals surface area contributed by atoms with Gasteiger partial charge in [0.1, 0.15) is 5.82 Å². The number of hydrogen-bond acceptors (Lipinski definition) is 3. The Morgan fingerprint density at radius 3 is 2.79 bits per heavy atom. The number of benzene rings is 2. The SMILES string of the molecule is COC(=O)c1ccc2c(c1)[C@H](NC(=O)c1c(F)cccc1Cl)CC2. The number of fused-ring (bicyclic) bond motifs is 1. The molecule has 0 saturated heterocycles. The topological polar surface area (TPSA) is 55.4 Å². The minimum absolute atomic E-state index is 0.0639. The van der Waals surface area contributed by atoms with E-state index in [0.717, 1.165) is 17.5 Å². The molecule has 0 heterocycles. The molecule has 6 heteroatoms. The van der Waals surface area contributed by atoms with E-state index in [0.29, 0.717) is 12.0 Å². The Morgan fingerprint density at radius 2 is 2.08 bits per heavy atom. The predicted molar refractivity (Wildman–Crippen MR) is 87.7 cm³/mol. The minimum atomic E-state index is -0.665. The Bertz CT molecular complexity index is 802. The predicted octanol–water partition coefficient (Wildman–Crippen LogP) is 3.68. The third kappa shape index (κ3) is 2.99. The van der Waals surface area contributed by atoms with Gasteiger partial charge < -0.3 is 10.1 Å². The standard InChI is InChI=1S/C18H15ClFNO3/c1-24-18(23)11-6-5-10-7-8-15(12(10)9-11)21-17(22)16-13(19)3-2-4-14(16)20/h2-6,9,15H,7-8H2,1H3,(H,21,22)/t15-/m1/s1. The summed E-state index contributed by atoms with van der Waals surface area (Å²) in [6, 6.07) is 9.07. The van der Waals surface area contributed by atoms with Gasteiger partial charge in [-0.25, -0.2) is 9.18 Å². The first-order valence-electron chi connectivity index (χ1n) is 7.47. The van der Waals surface area contributed by atoms with Gasteiger partial charge in [0.05, 0.1) is 29.3 Å². The lowest BCUT2D eigenvalue weighted by Crippen LogP contribution is -2.28. The van der Waals surface area contributed by atoms with Crippen LogP contribution in [0.25, 0.3) is 0 Å². The lowest BCUT2D eigenvalue weighted by Gasteiger charge is -2.16. The maximum absolute atomic E-state index is 13.9. The Morgan fingerprint density at radius 1 is 1.29 bits per heavy atom. The molecule has 0 bridgehead atoms. The van der Waals surface area contributed by atoms with Crippen molar-refractivity contribution in [3.05, 3.63) is 69.5 Å². The number of halogens is 2. The Kier molecular flexibility index (Phi) is 4.53. The van der Waals surface area contributed by atoms with Gasteiger partial charge in [-0.3, -0.25) is 4.79 Å². The average Bonchev–Trinajstić information content (AvgIpc) is 2.96. The van der Waals surface area contributed by atoms with Crippen LogP contribution in [0.3, 0.4) is 0 Å². The number of amides is 1. The van der Waals surface area contributed by atoms with Crippen LogP contribution in [0.1, 0.15) is 44.3 Å². The molecule has 3 rings (SSSR count). The number of methoxy groups -OCH3 is 1. The monoisotopic (exact) mass is 347 g/mol. The minimum Gasteiger partial charge on any atom is -0.465 e. The molecule has 0 aliphatic heterocycles. The zero-order chi connectivity index (χ0) is 17.3. The summed E-state index contributed by atoms with van der Waals surface area (Å²) in [4.78, 5) is 24.1. The van der Waals surface area contributed by atoms with E-state index < -0.39 is 17.7 Å². The van der Waals surface area contributed by atoms with E-state index in [-0.39, 0.29) is 16.6 Å². The quantitative estimate of drug-likeness (QED) is 0.862. The molecule has 0 aromatic heterocycles. The zero-order valence-electron chi connectivity index (χ0n) is 12.9. The highest BCUT2D eigenvalue weighted by atomic mass is 35.5. The maximum Gasteiger partial charge on any atom is 0.337 e. The molecule has 24 heavy (non-hydrogen) atoms. The summed E-state index contributed by atoms with van der Waals surface area (Å²) in [6.45, 7) is 0. The molecule has 0 unspecified atom stereocenters. The van der Waals surface area contributed by atoms with Crippen LogP contribution in [0.4, 0.5) is 4.39 Å². The molecule has 0 saturated carbocycles. The lowest BCUT2D eigenvalue weighted by molar-refractivity contribution is 0.0600. The summed E-state index contributed by atoms with van der Waals surface area (Å²) in [5, 5.41) is 2.87. The maximum atomic E-state index is 13.9. The van der Waals surface area contributed by atoms with Gasteiger partial charge in [-0.2, -0.15) is 0 Å². The Balaban J connectivity index is 1.86. The van der Waals surface area contributed by atoms with Gasteiger partial charge in [0.25, 0.3) is 5.91 Å². The molecular weight excluding hydrogens is 333 g/mol. The van der Waals surface area contributed by atoms with Crippen molar-refractivity contribution < 1.29 is 18.7 Å². The molecule has 124 valence electrons. The van der Waals surface area contributed by atoms with Crippen LogP contribution < -0.4 is 5.32 Å². The summed E-state index contributed by atoms with van der Waals surface area (Å²) < 4.78 is 18.6. The number of carbonyl (C=O) groups excluding carboxylic acids is 2. The number of carbonyl (C=O) groups is 2. The smallest absolute Gasteiger partial charge is 0.337 e. The second-order valence-electron chi connectivity index (χ2n) is 5.57. The molecule has 0 fully saturated rings. The van der Waals surface area contributed by atoms with Gasteiger partial charge in [-0.05, 0) is 48.2 Å². The summed E-state index contributed by atoms with van der Waals surface area (Å²) in [6.07, 6.45) is 1.45. The molecular formula is C18H15ClFNO3. The third-order valence-corrected chi connectivity index (χ3v) is 4.45. The fourth-order valence-corrected chi connectivity index (χ4v) is 3.19. The molecule has 1 amide bonds. The summed E-state index contributed by atoms with van der Waals surface area (Å²) in [5.74, 6) is -1.67. The van der Waals surface area contributed by atoms with Crippen molar-refractivity contribution in [3.63, 3.8) is 0 Å². The van der Waals surface area contributed by atoms with E-state index in [9.17, 15) is 14.0 Å². The van der Waals surface area contributed by atoms with Crippen LogP contribution in [0.2, 0.25) is 5.02 Å². The Labute approximate surface area is 143 Å². The molecule has 1 aliphatic carbocycles. The number of esters is 1. The van der Waals surface area contributed by atoms with Crippen molar-refractivity contribution in [1.82, 2.24) is 5.32 Å². The molecule has 0 radical (unpaired) electrons. The Hall–Kier alpha value is -2.40. The van der Waals surface area contributed by atoms with Crippen LogP contribution in [-0.2, 0) is 11.2 Å². The lowest BCUT2D eigenvalue weighted by atomic mass is 10.0. The first-order valence-corrected chi connectivity index (χ1v) is 7.85. The highest BCUT2D eigenvalue weighted by molar-refractivity contribution is 6.33.